The molecule has 0 heterocycles. The van der Waals surface area contributed by atoms with Crippen molar-refractivity contribution in [3.05, 3.63) is 33.8 Å². The van der Waals surface area contributed by atoms with E-state index < -0.39 is 11.6 Å². The average Bonchev–Trinajstić information content (AvgIpc) is 3.18. The highest BCUT2D eigenvalue weighted by Gasteiger charge is 2.33. The van der Waals surface area contributed by atoms with Gasteiger partial charge < -0.3 is 0 Å². The molecule has 18 heavy (non-hydrogen) atoms. The summed E-state index contributed by atoms with van der Waals surface area (Å²) < 4.78 is 27.8. The minimum absolute atomic E-state index is 0.0971. The van der Waals surface area contributed by atoms with E-state index >= 15 is 0 Å². The van der Waals surface area contributed by atoms with Crippen LogP contribution in [0.3, 0.4) is 0 Å². The highest BCUT2D eigenvalue weighted by atomic mass is 79.9. The lowest BCUT2D eigenvalue weighted by Crippen LogP contribution is -2.42. The van der Waals surface area contributed by atoms with Crippen molar-refractivity contribution in [2.45, 2.75) is 32.2 Å². The second-order valence-electron chi connectivity index (χ2n) is 5.00. The van der Waals surface area contributed by atoms with Gasteiger partial charge in [-0.2, -0.15) is 0 Å². The van der Waals surface area contributed by atoms with E-state index in [0.717, 1.165) is 0 Å². The first-order valence-electron chi connectivity index (χ1n) is 6.13. The second-order valence-corrected chi connectivity index (χ2v) is 5.85. The summed E-state index contributed by atoms with van der Waals surface area (Å²) >= 11 is 3.08. The largest absolute Gasteiger partial charge is 0.271 e. The molecule has 1 aromatic rings. The summed E-state index contributed by atoms with van der Waals surface area (Å²) in [5.41, 5.74) is 2.79. The predicted octanol–water partition coefficient (Wildman–Crippen LogP) is 3.15. The standard InChI is InChI=1S/C13H17BrF2N2/c1-7(8-2-3-8)12(18-17)6-9-11(15)5-4-10(14)13(9)16/h4-5,7-8,12,18H,2-3,6,17H2,1H3. The Balaban J connectivity index is 2.18. The summed E-state index contributed by atoms with van der Waals surface area (Å²) in [5, 5.41) is 0. The smallest absolute Gasteiger partial charge is 0.143 e. The molecule has 2 unspecified atom stereocenters. The van der Waals surface area contributed by atoms with Crippen LogP contribution in [0.4, 0.5) is 8.78 Å². The molecule has 0 aliphatic heterocycles. The minimum Gasteiger partial charge on any atom is -0.271 e. The third-order valence-corrected chi connectivity index (χ3v) is 4.39. The fourth-order valence-electron chi connectivity index (χ4n) is 2.32. The molecule has 0 aromatic heterocycles. The van der Waals surface area contributed by atoms with E-state index in [0.29, 0.717) is 11.8 Å². The molecular weight excluding hydrogens is 302 g/mol. The van der Waals surface area contributed by atoms with E-state index in [1.807, 2.05) is 0 Å². The SMILES string of the molecule is CC(C1CC1)C(Cc1c(F)ccc(Br)c1F)NN. The topological polar surface area (TPSA) is 38.0 Å². The first-order valence-corrected chi connectivity index (χ1v) is 6.92. The lowest BCUT2D eigenvalue weighted by molar-refractivity contribution is 0.336. The summed E-state index contributed by atoms with van der Waals surface area (Å²) in [6.45, 7) is 2.08. The molecule has 1 aliphatic carbocycles. The van der Waals surface area contributed by atoms with Crippen LogP contribution in [0.2, 0.25) is 0 Å². The monoisotopic (exact) mass is 318 g/mol. The highest BCUT2D eigenvalue weighted by Crippen LogP contribution is 2.39. The number of nitrogens with one attached hydrogen (secondary N) is 1. The Morgan fingerprint density at radius 1 is 1.44 bits per heavy atom. The van der Waals surface area contributed by atoms with E-state index in [4.69, 9.17) is 5.84 Å². The normalized spacial score (nSPS) is 18.7. The molecule has 0 bridgehead atoms. The zero-order chi connectivity index (χ0) is 13.3. The lowest BCUT2D eigenvalue weighted by Gasteiger charge is -2.23. The van der Waals surface area contributed by atoms with Gasteiger partial charge in [-0.1, -0.05) is 6.92 Å². The fraction of sp³-hybridized carbons (Fsp3) is 0.538. The van der Waals surface area contributed by atoms with Crippen molar-refractivity contribution >= 4 is 15.9 Å². The zero-order valence-corrected chi connectivity index (χ0v) is 11.8. The molecule has 2 nitrogen and oxygen atoms in total. The number of rotatable bonds is 5. The van der Waals surface area contributed by atoms with Crippen LogP contribution in [0.1, 0.15) is 25.3 Å². The molecular formula is C13H17BrF2N2. The molecule has 0 amide bonds. The van der Waals surface area contributed by atoms with Crippen molar-refractivity contribution in [1.82, 2.24) is 5.43 Å². The van der Waals surface area contributed by atoms with E-state index in [-0.39, 0.29) is 22.5 Å². The summed E-state index contributed by atoms with van der Waals surface area (Å²) in [6.07, 6.45) is 2.64. The molecule has 2 rings (SSSR count). The first-order chi connectivity index (χ1) is 8.54. The maximum Gasteiger partial charge on any atom is 0.143 e. The van der Waals surface area contributed by atoms with Gasteiger partial charge in [0.15, 0.2) is 0 Å². The highest BCUT2D eigenvalue weighted by molar-refractivity contribution is 9.10. The first kappa shape index (κ1) is 13.9. The Morgan fingerprint density at radius 2 is 2.11 bits per heavy atom. The zero-order valence-electron chi connectivity index (χ0n) is 10.2. The van der Waals surface area contributed by atoms with Gasteiger partial charge in [-0.25, -0.2) is 8.78 Å². The van der Waals surface area contributed by atoms with Crippen molar-refractivity contribution in [2.75, 3.05) is 0 Å². The average molecular weight is 319 g/mol. The van der Waals surface area contributed by atoms with E-state index in [2.05, 4.69) is 28.3 Å². The van der Waals surface area contributed by atoms with Crippen LogP contribution >= 0.6 is 15.9 Å². The molecule has 2 atom stereocenters. The van der Waals surface area contributed by atoms with Crippen LogP contribution in [-0.2, 0) is 6.42 Å². The van der Waals surface area contributed by atoms with Crippen molar-refractivity contribution in [2.24, 2.45) is 17.7 Å². The van der Waals surface area contributed by atoms with Gasteiger partial charge in [0.25, 0.3) is 0 Å². The van der Waals surface area contributed by atoms with Gasteiger partial charge >= 0.3 is 0 Å². The Labute approximate surface area is 114 Å². The molecule has 1 aliphatic rings. The summed E-state index contributed by atoms with van der Waals surface area (Å²) in [6, 6.07) is 2.55. The van der Waals surface area contributed by atoms with Crippen molar-refractivity contribution in [1.29, 1.82) is 0 Å². The van der Waals surface area contributed by atoms with Crippen LogP contribution in [0.25, 0.3) is 0 Å². The molecule has 1 aromatic carbocycles. The van der Waals surface area contributed by atoms with Crippen molar-refractivity contribution in [3.63, 3.8) is 0 Å². The van der Waals surface area contributed by atoms with Crippen molar-refractivity contribution < 1.29 is 8.78 Å². The number of benzene rings is 1. The second kappa shape index (κ2) is 5.63. The summed E-state index contributed by atoms with van der Waals surface area (Å²) in [4.78, 5) is 0. The van der Waals surface area contributed by atoms with Gasteiger partial charge in [-0.05, 0) is 59.2 Å². The minimum atomic E-state index is -0.529. The van der Waals surface area contributed by atoms with Gasteiger partial charge in [0.2, 0.25) is 0 Å². The van der Waals surface area contributed by atoms with Gasteiger partial charge in [0.1, 0.15) is 11.6 Å². The third-order valence-electron chi connectivity index (χ3n) is 3.78. The third kappa shape index (κ3) is 2.90. The van der Waals surface area contributed by atoms with Gasteiger partial charge in [-0.3, -0.25) is 11.3 Å². The molecule has 1 saturated carbocycles. The molecule has 1 fully saturated rings. The maximum atomic E-state index is 13.9. The maximum absolute atomic E-state index is 13.9. The van der Waals surface area contributed by atoms with Crippen LogP contribution in [0, 0.1) is 23.5 Å². The molecule has 3 N–H and O–H groups in total. The van der Waals surface area contributed by atoms with E-state index in [9.17, 15) is 8.78 Å². The number of hydrogen-bond donors (Lipinski definition) is 2. The Hall–Kier alpha value is -0.520. The van der Waals surface area contributed by atoms with Crippen LogP contribution in [0.5, 0.6) is 0 Å². The van der Waals surface area contributed by atoms with Crippen LogP contribution in [-0.4, -0.2) is 6.04 Å². The number of nitrogens with two attached hydrogens (primary N) is 1. The Morgan fingerprint density at radius 3 is 2.67 bits per heavy atom. The molecule has 0 spiro atoms. The van der Waals surface area contributed by atoms with Crippen LogP contribution < -0.4 is 11.3 Å². The number of hydrogen-bond acceptors (Lipinski definition) is 2. The molecule has 0 saturated heterocycles. The van der Waals surface area contributed by atoms with Gasteiger partial charge in [0.05, 0.1) is 4.47 Å². The summed E-state index contributed by atoms with van der Waals surface area (Å²) in [5.74, 6) is 5.43. The van der Waals surface area contributed by atoms with Crippen molar-refractivity contribution in [3.8, 4) is 0 Å². The number of halogens is 3. The van der Waals surface area contributed by atoms with Gasteiger partial charge in [-0.15, -0.1) is 0 Å². The number of hydrazine groups is 1. The Kier molecular flexibility index (Phi) is 4.35. The van der Waals surface area contributed by atoms with Gasteiger partial charge in [0, 0.05) is 11.6 Å². The Bertz CT molecular complexity index is 435. The summed E-state index contributed by atoms with van der Waals surface area (Å²) in [7, 11) is 0. The predicted molar refractivity (Wildman–Crippen MR) is 70.8 cm³/mol. The van der Waals surface area contributed by atoms with E-state index in [1.165, 1.54) is 25.0 Å². The molecule has 100 valence electrons. The quantitative estimate of drug-likeness (QED) is 0.497. The molecule has 0 radical (unpaired) electrons. The molecule has 5 heteroatoms. The fourth-order valence-corrected chi connectivity index (χ4v) is 2.69. The van der Waals surface area contributed by atoms with Crippen LogP contribution in [0.15, 0.2) is 16.6 Å². The van der Waals surface area contributed by atoms with E-state index in [1.54, 1.807) is 0 Å². The lowest BCUT2D eigenvalue weighted by atomic mass is 9.91.